The average Bonchev–Trinajstić information content (AvgIpc) is 2.49. The second kappa shape index (κ2) is 11.8. The minimum atomic E-state index is 0.329. The summed E-state index contributed by atoms with van der Waals surface area (Å²) in [6, 6.07) is 10.7. The van der Waals surface area contributed by atoms with Crippen molar-refractivity contribution in [2.45, 2.75) is 67.4 Å². The van der Waals surface area contributed by atoms with Gasteiger partial charge in [-0.05, 0) is 29.7 Å². The minimum absolute atomic E-state index is 0.329. The van der Waals surface area contributed by atoms with Gasteiger partial charge in [-0.15, -0.1) is 0 Å². The summed E-state index contributed by atoms with van der Waals surface area (Å²) in [4.78, 5) is 0. The highest BCUT2D eigenvalue weighted by Gasteiger charge is 2.18. The zero-order valence-corrected chi connectivity index (χ0v) is 15.2. The number of ether oxygens (including phenoxy) is 1. The summed E-state index contributed by atoms with van der Waals surface area (Å²) in [6.07, 6.45) is 2.55. The molecule has 0 heterocycles. The van der Waals surface area contributed by atoms with Crippen LogP contribution in [0, 0.1) is 17.8 Å². The van der Waals surface area contributed by atoms with E-state index in [1.807, 2.05) is 13.8 Å². The third-order valence-electron chi connectivity index (χ3n) is 4.01. The van der Waals surface area contributed by atoms with Gasteiger partial charge in [-0.25, -0.2) is 0 Å². The van der Waals surface area contributed by atoms with E-state index in [9.17, 15) is 0 Å². The van der Waals surface area contributed by atoms with E-state index in [0.29, 0.717) is 23.9 Å². The first-order chi connectivity index (χ1) is 10.0. The Kier molecular flexibility index (Phi) is 11.3. The quantitative estimate of drug-likeness (QED) is 0.573. The van der Waals surface area contributed by atoms with Gasteiger partial charge in [0.25, 0.3) is 0 Å². The molecule has 0 fully saturated rings. The molecule has 0 aromatic heterocycles. The molecule has 0 N–H and O–H groups in total. The van der Waals surface area contributed by atoms with Gasteiger partial charge in [0, 0.05) is 0 Å². The van der Waals surface area contributed by atoms with Crippen molar-refractivity contribution in [3.8, 4) is 0 Å². The van der Waals surface area contributed by atoms with E-state index in [4.69, 9.17) is 4.74 Å². The summed E-state index contributed by atoms with van der Waals surface area (Å²) in [5.74, 6) is 1.94. The Balaban J connectivity index is 0.00000191. The first kappa shape index (κ1) is 20.2. The molecule has 0 saturated heterocycles. The van der Waals surface area contributed by atoms with Gasteiger partial charge in [-0.2, -0.15) is 0 Å². The molecule has 1 aromatic rings. The van der Waals surface area contributed by atoms with E-state index < -0.39 is 0 Å². The van der Waals surface area contributed by atoms with Crippen LogP contribution >= 0.6 is 0 Å². The first-order valence-electron chi connectivity index (χ1n) is 8.70. The molecule has 0 aliphatic carbocycles. The fourth-order valence-corrected chi connectivity index (χ4v) is 2.36. The van der Waals surface area contributed by atoms with Crippen LogP contribution in [0.4, 0.5) is 0 Å². The van der Waals surface area contributed by atoms with E-state index in [1.54, 1.807) is 0 Å². The topological polar surface area (TPSA) is 9.23 Å². The van der Waals surface area contributed by atoms with Crippen molar-refractivity contribution in [3.05, 3.63) is 35.9 Å². The molecule has 2 atom stereocenters. The van der Waals surface area contributed by atoms with Gasteiger partial charge in [-0.1, -0.05) is 85.2 Å². The monoisotopic (exact) mass is 292 g/mol. The molecular formula is C20H36O. The van der Waals surface area contributed by atoms with Gasteiger partial charge in [0.05, 0.1) is 12.7 Å². The van der Waals surface area contributed by atoms with E-state index in [-0.39, 0.29) is 0 Å². The van der Waals surface area contributed by atoms with Crippen LogP contribution in [0.5, 0.6) is 0 Å². The predicted octanol–water partition coefficient (Wildman–Crippen LogP) is 5.98. The molecule has 2 unspecified atom stereocenters. The number of rotatable bonds is 8. The molecule has 0 bridgehead atoms. The number of hydrogen-bond donors (Lipinski definition) is 0. The Morgan fingerprint density at radius 3 is 1.90 bits per heavy atom. The normalized spacial score (nSPS) is 13.8. The highest BCUT2D eigenvalue weighted by Crippen LogP contribution is 2.19. The van der Waals surface area contributed by atoms with Crippen molar-refractivity contribution in [1.29, 1.82) is 0 Å². The lowest BCUT2D eigenvalue weighted by molar-refractivity contribution is -0.00668. The molecule has 1 aromatic carbocycles. The molecule has 1 heteroatoms. The predicted molar refractivity (Wildman–Crippen MR) is 94.7 cm³/mol. The third-order valence-corrected chi connectivity index (χ3v) is 4.01. The highest BCUT2D eigenvalue weighted by molar-refractivity contribution is 5.15. The van der Waals surface area contributed by atoms with Crippen LogP contribution in [-0.4, -0.2) is 12.7 Å². The highest BCUT2D eigenvalue weighted by atomic mass is 16.5. The summed E-state index contributed by atoms with van der Waals surface area (Å²) in [6.45, 7) is 16.2. The number of benzene rings is 1. The van der Waals surface area contributed by atoms with Crippen molar-refractivity contribution in [2.24, 2.45) is 17.8 Å². The van der Waals surface area contributed by atoms with Gasteiger partial charge >= 0.3 is 0 Å². The molecule has 122 valence electrons. The molecule has 0 amide bonds. The Bertz CT molecular complexity index is 329. The fourth-order valence-electron chi connectivity index (χ4n) is 2.36. The summed E-state index contributed by atoms with van der Waals surface area (Å²) >= 11 is 0. The average molecular weight is 293 g/mol. The maximum Gasteiger partial charge on any atom is 0.0638 e. The molecule has 1 nitrogen and oxygen atoms in total. The van der Waals surface area contributed by atoms with Crippen LogP contribution < -0.4 is 0 Å². The lowest BCUT2D eigenvalue weighted by atomic mass is 9.93. The molecule has 0 aliphatic rings. The summed E-state index contributed by atoms with van der Waals surface area (Å²) in [5.41, 5.74) is 1.37. The van der Waals surface area contributed by atoms with Gasteiger partial charge < -0.3 is 4.74 Å². The zero-order valence-electron chi connectivity index (χ0n) is 15.2. The van der Waals surface area contributed by atoms with E-state index >= 15 is 0 Å². The molecule has 0 spiro atoms. The molecule has 0 aliphatic heterocycles. The molecule has 0 saturated carbocycles. The summed E-state index contributed by atoms with van der Waals surface area (Å²) in [5, 5.41) is 0. The van der Waals surface area contributed by atoms with Crippen LogP contribution in [0.25, 0.3) is 0 Å². The van der Waals surface area contributed by atoms with Crippen LogP contribution in [0.1, 0.15) is 60.5 Å². The van der Waals surface area contributed by atoms with E-state index in [0.717, 1.165) is 13.0 Å². The summed E-state index contributed by atoms with van der Waals surface area (Å²) in [7, 11) is 0. The van der Waals surface area contributed by atoms with E-state index in [1.165, 1.54) is 12.0 Å². The third kappa shape index (κ3) is 8.26. The van der Waals surface area contributed by atoms with Gasteiger partial charge in [0.2, 0.25) is 0 Å². The second-order valence-corrected chi connectivity index (χ2v) is 6.22. The standard InChI is InChI=1S/C18H30O.C2H6/c1-6-17(14(2)3)13-19-18(15(4)5)12-16-10-8-7-9-11-16;1-2/h7-11,14-15,17-18H,6,12-13H2,1-5H3;1-2H3. The lowest BCUT2D eigenvalue weighted by Gasteiger charge is -2.26. The van der Waals surface area contributed by atoms with Crippen molar-refractivity contribution in [2.75, 3.05) is 6.61 Å². The van der Waals surface area contributed by atoms with Gasteiger partial charge in [-0.3, -0.25) is 0 Å². The van der Waals surface area contributed by atoms with Crippen LogP contribution in [0.3, 0.4) is 0 Å². The van der Waals surface area contributed by atoms with Gasteiger partial charge in [0.1, 0.15) is 0 Å². The largest absolute Gasteiger partial charge is 0.377 e. The maximum absolute atomic E-state index is 6.22. The van der Waals surface area contributed by atoms with E-state index in [2.05, 4.69) is 65.0 Å². The summed E-state index contributed by atoms with van der Waals surface area (Å²) < 4.78 is 6.22. The fraction of sp³-hybridized carbons (Fsp3) is 0.700. The molecule has 1 rings (SSSR count). The SMILES string of the molecule is CC.CCC(COC(Cc1ccccc1)C(C)C)C(C)C. The van der Waals surface area contributed by atoms with Crippen molar-refractivity contribution in [3.63, 3.8) is 0 Å². The minimum Gasteiger partial charge on any atom is -0.377 e. The molecule has 0 radical (unpaired) electrons. The number of hydrogen-bond acceptors (Lipinski definition) is 1. The first-order valence-corrected chi connectivity index (χ1v) is 8.70. The lowest BCUT2D eigenvalue weighted by Crippen LogP contribution is -2.27. The zero-order chi connectivity index (χ0) is 16.3. The molecular weight excluding hydrogens is 256 g/mol. The van der Waals surface area contributed by atoms with Crippen LogP contribution in [0.2, 0.25) is 0 Å². The Morgan fingerprint density at radius 2 is 1.48 bits per heavy atom. The molecule has 21 heavy (non-hydrogen) atoms. The van der Waals surface area contributed by atoms with Crippen molar-refractivity contribution >= 4 is 0 Å². The van der Waals surface area contributed by atoms with Crippen molar-refractivity contribution in [1.82, 2.24) is 0 Å². The van der Waals surface area contributed by atoms with Crippen LogP contribution in [0.15, 0.2) is 30.3 Å². The van der Waals surface area contributed by atoms with Gasteiger partial charge in [0.15, 0.2) is 0 Å². The van der Waals surface area contributed by atoms with Crippen molar-refractivity contribution < 1.29 is 4.74 Å². The van der Waals surface area contributed by atoms with Crippen LogP contribution in [-0.2, 0) is 11.2 Å². The smallest absolute Gasteiger partial charge is 0.0638 e. The second-order valence-electron chi connectivity index (χ2n) is 6.22. The maximum atomic E-state index is 6.22. The Labute approximate surface area is 133 Å². The Hall–Kier alpha value is -0.820. The Morgan fingerprint density at radius 1 is 0.905 bits per heavy atom.